The summed E-state index contributed by atoms with van der Waals surface area (Å²) in [6.45, 7) is 5.26. The Kier molecular flexibility index (Phi) is 21.5. The van der Waals surface area contributed by atoms with E-state index < -0.39 is 176 Å². The molecule has 2 aromatic rings. The lowest BCUT2D eigenvalue weighted by molar-refractivity contribution is -0.144. The third-order valence-corrected chi connectivity index (χ3v) is 17.4. The summed E-state index contributed by atoms with van der Waals surface area (Å²) in [6, 6.07) is -7.35. The Hall–Kier alpha value is -7.38. The van der Waals surface area contributed by atoms with E-state index in [4.69, 9.17) is 5.73 Å². The number of aliphatic hydroxyl groups is 3. The number of piperazine rings is 1. The molecule has 30 heteroatoms. The van der Waals surface area contributed by atoms with Gasteiger partial charge in [0.15, 0.2) is 0 Å². The van der Waals surface area contributed by atoms with Crippen molar-refractivity contribution in [2.45, 2.75) is 126 Å². The van der Waals surface area contributed by atoms with Crippen LogP contribution in [0.15, 0.2) is 29.3 Å². The number of carbonyl (C=O) groups is 11. The highest BCUT2D eigenvalue weighted by Crippen LogP contribution is 2.35. The quantitative estimate of drug-likeness (QED) is 0.0584. The minimum absolute atomic E-state index is 0.0715. The highest BCUT2D eigenvalue weighted by molar-refractivity contribution is 7.85. The van der Waals surface area contributed by atoms with E-state index in [1.807, 2.05) is 0 Å². The average Bonchev–Trinajstić information content (AvgIpc) is 4.30. The Morgan fingerprint density at radius 2 is 1.42 bits per heavy atom. The number of primary amides is 1. The van der Waals surface area contributed by atoms with E-state index >= 15 is 4.21 Å². The first kappa shape index (κ1) is 63.2. The fourth-order valence-corrected chi connectivity index (χ4v) is 12.2. The summed E-state index contributed by atoms with van der Waals surface area (Å²) in [7, 11) is -2.47. The third-order valence-electron chi connectivity index (χ3n) is 15.9. The summed E-state index contributed by atoms with van der Waals surface area (Å²) < 4.78 is 15.3. The number of imide groups is 1. The number of nitrogens with two attached hydrogens (primary N) is 1. The number of phenols is 1. The first-order valence-corrected chi connectivity index (χ1v) is 29.1. The van der Waals surface area contributed by atoms with Gasteiger partial charge in [0.2, 0.25) is 53.2 Å². The van der Waals surface area contributed by atoms with Crippen molar-refractivity contribution in [2.24, 2.45) is 17.6 Å². The van der Waals surface area contributed by atoms with E-state index in [1.54, 1.807) is 13.8 Å². The average molecular weight is 1180 g/mol. The number of fused-ring (bicyclic) bond motifs is 5. The Bertz CT molecular complexity index is 2880. The number of benzene rings is 1. The fraction of sp³-hybridized carbons (Fsp3) is 0.604. The number of aliphatic hydroxyl groups excluding tert-OH is 3. The number of aromatic nitrogens is 1. The maximum Gasteiger partial charge on any atom is 0.253 e. The van der Waals surface area contributed by atoms with Crippen LogP contribution in [0.3, 0.4) is 0 Å². The Labute approximate surface area is 480 Å². The predicted octanol–water partition coefficient (Wildman–Crippen LogP) is -5.71. The van der Waals surface area contributed by atoms with Gasteiger partial charge < -0.3 is 78.2 Å². The summed E-state index contributed by atoms with van der Waals surface area (Å²) in [5.74, 6) is -12.9. The monoisotopic (exact) mass is 1180 g/mol. The van der Waals surface area contributed by atoms with Gasteiger partial charge in [-0.05, 0) is 43.0 Å². The molecule has 6 heterocycles. The van der Waals surface area contributed by atoms with Gasteiger partial charge >= 0.3 is 0 Å². The van der Waals surface area contributed by atoms with E-state index in [0.29, 0.717) is 51.1 Å². The van der Waals surface area contributed by atoms with E-state index in [9.17, 15) is 73.2 Å². The number of carbonyl (C=O) groups excluding carboxylic acids is 11. The number of hydrogen-bond acceptors (Lipinski definition) is 18. The van der Waals surface area contributed by atoms with Crippen molar-refractivity contribution in [1.82, 2.24) is 61.8 Å². The molecule has 83 heavy (non-hydrogen) atoms. The van der Waals surface area contributed by atoms with Gasteiger partial charge in [0, 0.05) is 87.7 Å². The zero-order valence-electron chi connectivity index (χ0n) is 46.5. The van der Waals surface area contributed by atoms with Crippen LogP contribution >= 0.6 is 0 Å². The van der Waals surface area contributed by atoms with Crippen LogP contribution in [-0.2, 0) is 76.5 Å². The number of unbranched alkanes of at least 4 members (excludes halogenated alkanes) is 2. The number of aromatic amines is 1. The minimum Gasteiger partial charge on any atom is -0.508 e. The number of hydrogen-bond donors (Lipinski definition) is 13. The van der Waals surface area contributed by atoms with Crippen LogP contribution in [0.5, 0.6) is 5.75 Å². The normalized spacial score (nSPS) is 27.2. The maximum atomic E-state index is 15.3. The van der Waals surface area contributed by atoms with Crippen molar-refractivity contribution < 1.29 is 77.4 Å². The Morgan fingerprint density at radius 1 is 0.771 bits per heavy atom. The van der Waals surface area contributed by atoms with Crippen molar-refractivity contribution in [3.8, 4) is 5.75 Å². The molecular formula is C53H75N13O16S. The van der Waals surface area contributed by atoms with Crippen molar-refractivity contribution >= 4 is 86.7 Å². The number of aromatic hydroxyl groups is 1. The van der Waals surface area contributed by atoms with Crippen LogP contribution < -0.4 is 43.0 Å². The van der Waals surface area contributed by atoms with Gasteiger partial charge in [-0.3, -0.25) is 66.7 Å². The van der Waals surface area contributed by atoms with Gasteiger partial charge in [0.05, 0.1) is 60.4 Å². The molecule has 0 spiro atoms. The number of rotatable bonds is 15. The summed E-state index contributed by atoms with van der Waals surface area (Å²) in [5, 5.41) is 61.0. The molecular weight excluding hydrogens is 1110 g/mol. The van der Waals surface area contributed by atoms with Crippen molar-refractivity contribution in [3.05, 3.63) is 35.4 Å². The number of phenolic OH excluding ortho intramolecular Hbond substituents is 1. The van der Waals surface area contributed by atoms with E-state index in [1.165, 1.54) is 36.1 Å². The molecule has 11 atom stereocenters. The molecule has 0 aliphatic carbocycles. The van der Waals surface area contributed by atoms with Crippen LogP contribution in [0.1, 0.15) is 70.4 Å². The molecule has 2 bridgehead atoms. The van der Waals surface area contributed by atoms with Crippen LogP contribution in [0, 0.1) is 11.8 Å². The number of H-pyrrole nitrogens is 1. The van der Waals surface area contributed by atoms with Gasteiger partial charge in [-0.25, -0.2) is 0 Å². The zero-order valence-corrected chi connectivity index (χ0v) is 47.3. The predicted molar refractivity (Wildman–Crippen MR) is 294 cm³/mol. The van der Waals surface area contributed by atoms with E-state index in [2.05, 4.69) is 52.0 Å². The highest BCUT2D eigenvalue weighted by Gasteiger charge is 2.45. The summed E-state index contributed by atoms with van der Waals surface area (Å²) in [5.41, 5.74) is 6.20. The lowest BCUT2D eigenvalue weighted by atomic mass is 9.93. The summed E-state index contributed by atoms with van der Waals surface area (Å²) in [6.07, 6.45) is 0.171. The number of nitrogens with zero attached hydrogens (tertiary/aromatic N) is 4. The molecule has 14 N–H and O–H groups in total. The van der Waals surface area contributed by atoms with Crippen molar-refractivity contribution in [1.29, 1.82) is 0 Å². The molecule has 2 saturated heterocycles. The summed E-state index contributed by atoms with van der Waals surface area (Å²) in [4.78, 5) is 160. The van der Waals surface area contributed by atoms with Gasteiger partial charge in [-0.2, -0.15) is 0 Å². The van der Waals surface area contributed by atoms with E-state index in [-0.39, 0.29) is 45.6 Å². The molecule has 2 fully saturated rings. The van der Waals surface area contributed by atoms with Crippen LogP contribution in [0.2, 0.25) is 0 Å². The van der Waals surface area contributed by atoms with Gasteiger partial charge in [-0.1, -0.05) is 33.6 Å². The zero-order chi connectivity index (χ0) is 60.4. The third kappa shape index (κ3) is 15.6. The van der Waals surface area contributed by atoms with Gasteiger partial charge in [0.1, 0.15) is 47.0 Å². The standard InChI is InChI=1S/C53H75N13O16S/c1-4-27(2)44-50(79)56-21-40(72)57-35-26-83(82)52-31(30-8-9-37(69)32(46(30)62-52)24-64-16-14-63(15-17-64)12-6-5-7-13-65-42(74)10-11-43(65)75)19-33(47(76)55-22-41(73)60-44)58-51(80)45(28(3)38(70)25-67)61-49(78)36-18-29(68)23-66(36)53(81)34(20-39(54)71)59-48(35)77/h8-11,27-29,33-36,38,44-45,62,67-70H,4-7,12-26H2,1-3H3,(H2,54,71)(H,55,76)(H,56,79)(H,57,72)(H,58,80)(H,59,77)(H,60,73)(H,61,78)/t27-,28+,29+,33+,34-,35+,36-,38+,44-,45-,83?/m0/s1. The molecule has 1 unspecified atom stereocenters. The molecule has 11 amide bonds. The van der Waals surface area contributed by atoms with Crippen molar-refractivity contribution in [3.63, 3.8) is 0 Å². The second-order valence-corrected chi connectivity index (χ2v) is 23.2. The maximum absolute atomic E-state index is 15.3. The molecule has 29 nitrogen and oxygen atoms in total. The smallest absolute Gasteiger partial charge is 0.253 e. The number of amides is 11. The molecule has 5 aliphatic heterocycles. The van der Waals surface area contributed by atoms with Crippen LogP contribution in [-0.4, -0.2) is 234 Å². The molecule has 7 rings (SSSR count). The first-order chi connectivity index (χ1) is 39.5. The lowest BCUT2D eigenvalue weighted by Crippen LogP contribution is -2.62. The largest absolute Gasteiger partial charge is 0.508 e. The van der Waals surface area contributed by atoms with Crippen LogP contribution in [0.25, 0.3) is 10.9 Å². The SMILES string of the molecule is CC[C@H](C)[C@@H]1NC(=O)CNC(=O)[C@H]2Cc3c([nH]c4c(CN5CCN(CCCCCN6C(=O)C=CC6=O)CC5)c(O)ccc34)S(=O)C[C@@H](NC(=O)CNC1=O)C(=O)N[C@@H](CC(N)=O)C(=O)N1C[C@H](O)C[C@H]1C(=O)N[C@@H]([C@H](C)[C@H](O)CO)C(=O)N2. The molecule has 5 aliphatic rings. The molecule has 1 aromatic carbocycles. The topological polar surface area (TPSA) is 425 Å². The Morgan fingerprint density at radius 3 is 2.08 bits per heavy atom. The second-order valence-electron chi connectivity index (χ2n) is 21.7. The molecule has 0 radical (unpaired) electrons. The molecule has 0 saturated carbocycles. The fourth-order valence-electron chi connectivity index (χ4n) is 10.8. The van der Waals surface area contributed by atoms with E-state index in [0.717, 1.165) is 24.3 Å². The Balaban J connectivity index is 1.30. The minimum atomic E-state index is -2.47. The molecule has 1 aromatic heterocycles. The van der Waals surface area contributed by atoms with Crippen molar-refractivity contribution in [2.75, 3.05) is 71.3 Å². The second kappa shape index (κ2) is 28.3. The lowest BCUT2D eigenvalue weighted by Gasteiger charge is -2.35. The number of nitrogens with one attached hydrogen (secondary N) is 8. The van der Waals surface area contributed by atoms with Gasteiger partial charge in [0.25, 0.3) is 11.8 Å². The van der Waals surface area contributed by atoms with Crippen LogP contribution in [0.4, 0.5) is 0 Å². The summed E-state index contributed by atoms with van der Waals surface area (Å²) >= 11 is 0. The first-order valence-electron chi connectivity index (χ1n) is 27.8. The van der Waals surface area contributed by atoms with Gasteiger partial charge in [-0.15, -0.1) is 0 Å². The highest BCUT2D eigenvalue weighted by atomic mass is 32.2. The molecule has 454 valence electrons.